The van der Waals surface area contributed by atoms with Gasteiger partial charge < -0.3 is 15.5 Å². The van der Waals surface area contributed by atoms with Crippen molar-refractivity contribution in [1.29, 1.82) is 0 Å². The molecule has 0 spiro atoms. The molecule has 1 fully saturated rings. The summed E-state index contributed by atoms with van der Waals surface area (Å²) in [6.07, 6.45) is 1.27. The van der Waals surface area contributed by atoms with Crippen LogP contribution in [0.25, 0.3) is 0 Å². The molecule has 106 valence electrons. The summed E-state index contributed by atoms with van der Waals surface area (Å²) in [7, 11) is 4.30. The molecule has 1 saturated heterocycles. The van der Waals surface area contributed by atoms with Crippen LogP contribution in [0.1, 0.15) is 24.9 Å². The first kappa shape index (κ1) is 14.6. The lowest BCUT2D eigenvalue weighted by molar-refractivity contribution is 0.396. The van der Waals surface area contributed by atoms with E-state index in [4.69, 9.17) is 17.3 Å². The van der Waals surface area contributed by atoms with Gasteiger partial charge in [-0.05, 0) is 50.6 Å². The highest BCUT2D eigenvalue weighted by atomic mass is 35.5. The zero-order chi connectivity index (χ0) is 14.0. The van der Waals surface area contributed by atoms with Crippen molar-refractivity contribution < 1.29 is 0 Å². The van der Waals surface area contributed by atoms with Crippen LogP contribution >= 0.6 is 11.6 Å². The van der Waals surface area contributed by atoms with Gasteiger partial charge in [-0.15, -0.1) is 0 Å². The highest BCUT2D eigenvalue weighted by molar-refractivity contribution is 6.33. The van der Waals surface area contributed by atoms with Crippen molar-refractivity contribution in [2.45, 2.75) is 19.4 Å². The molecule has 1 aliphatic heterocycles. The Morgan fingerprint density at radius 1 is 1.53 bits per heavy atom. The molecule has 1 aromatic carbocycles. The Labute approximate surface area is 121 Å². The molecule has 0 saturated carbocycles. The first-order valence-corrected chi connectivity index (χ1v) is 7.30. The molecule has 0 bridgehead atoms. The molecular formula is C15H24ClN3. The predicted octanol–water partition coefficient (Wildman–Crippen LogP) is 2.75. The number of rotatable bonds is 4. The summed E-state index contributed by atoms with van der Waals surface area (Å²) < 4.78 is 0. The SMILES string of the molecule is C[C@H](N)c1ccc(N(C)CC2CCN(C)C2)c(Cl)c1. The number of halogens is 1. The minimum Gasteiger partial charge on any atom is -0.373 e. The van der Waals surface area contributed by atoms with Crippen LogP contribution in [0.3, 0.4) is 0 Å². The maximum absolute atomic E-state index is 6.37. The summed E-state index contributed by atoms with van der Waals surface area (Å²) in [4.78, 5) is 4.65. The molecule has 0 aromatic heterocycles. The van der Waals surface area contributed by atoms with Crippen LogP contribution in [-0.4, -0.2) is 38.6 Å². The minimum atomic E-state index is 0.0281. The lowest BCUT2D eigenvalue weighted by Gasteiger charge is -2.24. The molecule has 1 aliphatic rings. The summed E-state index contributed by atoms with van der Waals surface area (Å²) >= 11 is 6.37. The monoisotopic (exact) mass is 281 g/mol. The van der Waals surface area contributed by atoms with Gasteiger partial charge in [-0.2, -0.15) is 0 Å². The van der Waals surface area contributed by atoms with E-state index in [-0.39, 0.29) is 6.04 Å². The van der Waals surface area contributed by atoms with Crippen molar-refractivity contribution in [3.63, 3.8) is 0 Å². The van der Waals surface area contributed by atoms with Crippen LogP contribution in [0.5, 0.6) is 0 Å². The number of likely N-dealkylation sites (tertiary alicyclic amines) is 1. The largest absolute Gasteiger partial charge is 0.373 e. The Balaban J connectivity index is 2.04. The van der Waals surface area contributed by atoms with Gasteiger partial charge in [0.25, 0.3) is 0 Å². The zero-order valence-corrected chi connectivity index (χ0v) is 12.8. The molecule has 4 heteroatoms. The smallest absolute Gasteiger partial charge is 0.0642 e. The van der Waals surface area contributed by atoms with Crippen LogP contribution in [0.15, 0.2) is 18.2 Å². The summed E-state index contributed by atoms with van der Waals surface area (Å²) in [5, 5.41) is 0.795. The van der Waals surface area contributed by atoms with E-state index in [0.717, 1.165) is 28.7 Å². The third kappa shape index (κ3) is 3.62. The van der Waals surface area contributed by atoms with Gasteiger partial charge in [0, 0.05) is 26.2 Å². The van der Waals surface area contributed by atoms with E-state index in [1.165, 1.54) is 19.5 Å². The topological polar surface area (TPSA) is 32.5 Å². The fourth-order valence-electron chi connectivity index (χ4n) is 2.78. The predicted molar refractivity (Wildman–Crippen MR) is 82.9 cm³/mol. The Bertz CT molecular complexity index is 433. The van der Waals surface area contributed by atoms with Crippen molar-refractivity contribution >= 4 is 17.3 Å². The van der Waals surface area contributed by atoms with Gasteiger partial charge in [-0.25, -0.2) is 0 Å². The first-order chi connectivity index (χ1) is 8.97. The maximum Gasteiger partial charge on any atom is 0.0642 e. The normalized spacial score (nSPS) is 21.6. The third-order valence-corrected chi connectivity index (χ3v) is 4.23. The summed E-state index contributed by atoms with van der Waals surface area (Å²) in [5.74, 6) is 0.735. The van der Waals surface area contributed by atoms with Gasteiger partial charge in [0.1, 0.15) is 0 Å². The highest BCUT2D eigenvalue weighted by Crippen LogP contribution is 2.29. The average molecular weight is 282 g/mol. The van der Waals surface area contributed by atoms with Crippen LogP contribution in [0.4, 0.5) is 5.69 Å². The Morgan fingerprint density at radius 2 is 2.26 bits per heavy atom. The van der Waals surface area contributed by atoms with Gasteiger partial charge >= 0.3 is 0 Å². The molecule has 1 heterocycles. The van der Waals surface area contributed by atoms with E-state index >= 15 is 0 Å². The fourth-order valence-corrected chi connectivity index (χ4v) is 3.11. The summed E-state index contributed by atoms with van der Waals surface area (Å²) in [5.41, 5.74) is 8.06. The van der Waals surface area contributed by atoms with Crippen LogP contribution < -0.4 is 10.6 Å². The number of anilines is 1. The Morgan fingerprint density at radius 3 is 2.79 bits per heavy atom. The average Bonchev–Trinajstić information content (AvgIpc) is 2.74. The molecule has 0 aliphatic carbocycles. The van der Waals surface area contributed by atoms with E-state index in [1.54, 1.807) is 0 Å². The van der Waals surface area contributed by atoms with E-state index in [2.05, 4.69) is 36.0 Å². The number of hydrogen-bond donors (Lipinski definition) is 1. The van der Waals surface area contributed by atoms with Crippen molar-refractivity contribution in [2.24, 2.45) is 11.7 Å². The molecular weight excluding hydrogens is 258 g/mol. The second-order valence-electron chi connectivity index (χ2n) is 5.80. The summed E-state index contributed by atoms with van der Waals surface area (Å²) in [6, 6.07) is 6.17. The van der Waals surface area contributed by atoms with Gasteiger partial charge in [-0.3, -0.25) is 0 Å². The molecule has 2 atom stereocenters. The molecule has 1 unspecified atom stereocenters. The van der Waals surface area contributed by atoms with Crippen LogP contribution in [0.2, 0.25) is 5.02 Å². The Hall–Kier alpha value is -0.770. The molecule has 0 amide bonds. The number of nitrogens with zero attached hydrogens (tertiary/aromatic N) is 2. The summed E-state index contributed by atoms with van der Waals surface area (Å²) in [6.45, 7) is 5.42. The van der Waals surface area contributed by atoms with E-state index < -0.39 is 0 Å². The van der Waals surface area contributed by atoms with E-state index in [0.29, 0.717) is 0 Å². The third-order valence-electron chi connectivity index (χ3n) is 3.93. The molecule has 19 heavy (non-hydrogen) atoms. The number of hydrogen-bond acceptors (Lipinski definition) is 3. The van der Waals surface area contributed by atoms with Crippen molar-refractivity contribution in [3.8, 4) is 0 Å². The maximum atomic E-state index is 6.37. The minimum absolute atomic E-state index is 0.0281. The highest BCUT2D eigenvalue weighted by Gasteiger charge is 2.21. The quantitative estimate of drug-likeness (QED) is 0.921. The zero-order valence-electron chi connectivity index (χ0n) is 12.1. The van der Waals surface area contributed by atoms with E-state index in [9.17, 15) is 0 Å². The van der Waals surface area contributed by atoms with Gasteiger partial charge in [0.15, 0.2) is 0 Å². The fraction of sp³-hybridized carbons (Fsp3) is 0.600. The number of benzene rings is 1. The van der Waals surface area contributed by atoms with Crippen molar-refractivity contribution in [2.75, 3.05) is 38.6 Å². The molecule has 0 radical (unpaired) electrons. The molecule has 2 N–H and O–H groups in total. The Kier molecular flexibility index (Phi) is 4.71. The molecule has 1 aromatic rings. The van der Waals surface area contributed by atoms with Gasteiger partial charge in [0.2, 0.25) is 0 Å². The first-order valence-electron chi connectivity index (χ1n) is 6.92. The molecule has 2 rings (SSSR count). The van der Waals surface area contributed by atoms with E-state index in [1.807, 2.05) is 13.0 Å². The van der Waals surface area contributed by atoms with Crippen LogP contribution in [-0.2, 0) is 0 Å². The number of nitrogens with two attached hydrogens (primary N) is 1. The van der Waals surface area contributed by atoms with Gasteiger partial charge in [0.05, 0.1) is 10.7 Å². The van der Waals surface area contributed by atoms with Gasteiger partial charge in [-0.1, -0.05) is 17.7 Å². The van der Waals surface area contributed by atoms with Crippen molar-refractivity contribution in [3.05, 3.63) is 28.8 Å². The second-order valence-corrected chi connectivity index (χ2v) is 6.20. The second kappa shape index (κ2) is 6.12. The lowest BCUT2D eigenvalue weighted by Crippen LogP contribution is -2.27. The molecule has 3 nitrogen and oxygen atoms in total. The van der Waals surface area contributed by atoms with Crippen LogP contribution in [0, 0.1) is 5.92 Å². The van der Waals surface area contributed by atoms with Crippen molar-refractivity contribution in [1.82, 2.24) is 4.90 Å². The standard InChI is InChI=1S/C15H24ClN3/c1-11(17)13-4-5-15(14(16)8-13)19(3)10-12-6-7-18(2)9-12/h4-5,8,11-12H,6-7,9-10,17H2,1-3H3/t11-,12?/m0/s1. The lowest BCUT2D eigenvalue weighted by atomic mass is 10.1.